The summed E-state index contributed by atoms with van der Waals surface area (Å²) in [6, 6.07) is 5.65. The number of ether oxygens (including phenoxy) is 1. The predicted molar refractivity (Wildman–Crippen MR) is 55.5 cm³/mol. The molecular weight excluding hydrogens is 212 g/mol. The van der Waals surface area contributed by atoms with E-state index in [-0.39, 0.29) is 16.9 Å². The van der Waals surface area contributed by atoms with Gasteiger partial charge in [0.25, 0.3) is 0 Å². The Morgan fingerprint density at radius 3 is 2.81 bits per heavy atom. The van der Waals surface area contributed by atoms with E-state index in [2.05, 4.69) is 4.74 Å². The minimum Gasteiger partial charge on any atom is -0.508 e. The molecule has 0 aliphatic carbocycles. The molecule has 82 valence electrons. The fourth-order valence-electron chi connectivity index (χ4n) is 1.35. The van der Waals surface area contributed by atoms with E-state index in [1.807, 2.05) is 0 Å². The number of carbonyl (C=O) groups excluding carboxylic acids is 1. The van der Waals surface area contributed by atoms with Crippen molar-refractivity contribution in [2.75, 3.05) is 7.11 Å². The number of esters is 1. The monoisotopic (exact) mass is 220 g/mol. The number of benzene rings is 1. The first kappa shape index (κ1) is 10.2. The highest BCUT2D eigenvalue weighted by Gasteiger charge is 2.13. The van der Waals surface area contributed by atoms with Gasteiger partial charge in [-0.2, -0.15) is 0 Å². The van der Waals surface area contributed by atoms with E-state index < -0.39 is 11.6 Å². The van der Waals surface area contributed by atoms with Crippen molar-refractivity contribution in [3.63, 3.8) is 0 Å². The summed E-state index contributed by atoms with van der Waals surface area (Å²) in [6.07, 6.45) is 0. The number of methoxy groups -OCH3 is 1. The standard InChI is InChI=1S/C11H8O5/c1-15-10(13)8-4-6-2-3-7(12)5-9(6)16-11(8)14/h2-5,12H,1H3. The first-order valence-corrected chi connectivity index (χ1v) is 4.47. The molecule has 2 aromatic rings. The van der Waals surface area contributed by atoms with Crippen LogP contribution < -0.4 is 5.63 Å². The molecule has 0 atom stereocenters. The Hall–Kier alpha value is -2.30. The summed E-state index contributed by atoms with van der Waals surface area (Å²) in [5, 5.41) is 9.73. The maximum atomic E-state index is 11.4. The second-order valence-corrected chi connectivity index (χ2v) is 3.16. The van der Waals surface area contributed by atoms with Crippen LogP contribution in [0, 0.1) is 0 Å². The number of phenols is 1. The summed E-state index contributed by atoms with van der Waals surface area (Å²) in [7, 11) is 1.18. The molecule has 0 aliphatic heterocycles. The lowest BCUT2D eigenvalue weighted by molar-refractivity contribution is 0.0596. The Balaban J connectivity index is 2.72. The SMILES string of the molecule is COC(=O)c1cc2ccc(O)cc2oc1=O. The van der Waals surface area contributed by atoms with Gasteiger partial charge in [-0.15, -0.1) is 0 Å². The van der Waals surface area contributed by atoms with E-state index in [0.29, 0.717) is 5.39 Å². The van der Waals surface area contributed by atoms with Gasteiger partial charge in [-0.25, -0.2) is 9.59 Å². The number of hydrogen-bond donors (Lipinski definition) is 1. The highest BCUT2D eigenvalue weighted by atomic mass is 16.5. The molecule has 5 heteroatoms. The summed E-state index contributed by atoms with van der Waals surface area (Å²) in [5.74, 6) is -0.759. The summed E-state index contributed by atoms with van der Waals surface area (Å²) in [5.41, 5.74) is -0.733. The molecule has 1 aromatic carbocycles. The average Bonchev–Trinajstić information content (AvgIpc) is 2.27. The van der Waals surface area contributed by atoms with Crippen molar-refractivity contribution in [1.29, 1.82) is 0 Å². The van der Waals surface area contributed by atoms with E-state index in [0.717, 1.165) is 0 Å². The van der Waals surface area contributed by atoms with Gasteiger partial charge in [0, 0.05) is 11.5 Å². The highest BCUT2D eigenvalue weighted by Crippen LogP contribution is 2.19. The third-order valence-corrected chi connectivity index (χ3v) is 2.12. The molecule has 5 nitrogen and oxygen atoms in total. The zero-order chi connectivity index (χ0) is 11.7. The second-order valence-electron chi connectivity index (χ2n) is 3.16. The van der Waals surface area contributed by atoms with E-state index >= 15 is 0 Å². The van der Waals surface area contributed by atoms with Crippen molar-refractivity contribution in [2.24, 2.45) is 0 Å². The quantitative estimate of drug-likeness (QED) is 0.578. The summed E-state index contributed by atoms with van der Waals surface area (Å²) in [6.45, 7) is 0. The van der Waals surface area contributed by atoms with Gasteiger partial charge in [-0.1, -0.05) is 0 Å². The molecular formula is C11H8O5. The van der Waals surface area contributed by atoms with Crippen molar-refractivity contribution in [3.8, 4) is 5.75 Å². The van der Waals surface area contributed by atoms with E-state index in [9.17, 15) is 14.7 Å². The normalized spacial score (nSPS) is 10.3. The maximum absolute atomic E-state index is 11.4. The molecule has 0 bridgehead atoms. The van der Waals surface area contributed by atoms with E-state index in [4.69, 9.17) is 4.42 Å². The van der Waals surface area contributed by atoms with Crippen LogP contribution in [-0.2, 0) is 4.74 Å². The lowest BCUT2D eigenvalue weighted by Crippen LogP contribution is -2.14. The third-order valence-electron chi connectivity index (χ3n) is 2.12. The molecule has 1 N–H and O–H groups in total. The molecule has 0 amide bonds. The van der Waals surface area contributed by atoms with Crippen molar-refractivity contribution in [3.05, 3.63) is 40.2 Å². The molecule has 0 aliphatic rings. The van der Waals surface area contributed by atoms with Crippen molar-refractivity contribution >= 4 is 16.9 Å². The van der Waals surface area contributed by atoms with Crippen molar-refractivity contribution in [2.45, 2.75) is 0 Å². The lowest BCUT2D eigenvalue weighted by Gasteiger charge is -2.00. The van der Waals surface area contributed by atoms with Crippen molar-refractivity contribution in [1.82, 2.24) is 0 Å². The van der Waals surface area contributed by atoms with Gasteiger partial charge in [0.2, 0.25) is 0 Å². The molecule has 0 spiro atoms. The largest absolute Gasteiger partial charge is 0.508 e. The van der Waals surface area contributed by atoms with Gasteiger partial charge < -0.3 is 14.3 Å². The average molecular weight is 220 g/mol. The molecule has 1 heterocycles. The van der Waals surface area contributed by atoms with Gasteiger partial charge in [0.05, 0.1) is 7.11 Å². The number of rotatable bonds is 1. The van der Waals surface area contributed by atoms with Gasteiger partial charge in [-0.3, -0.25) is 0 Å². The molecule has 0 saturated carbocycles. The van der Waals surface area contributed by atoms with E-state index in [1.165, 1.54) is 25.3 Å². The fraction of sp³-hybridized carbons (Fsp3) is 0.0909. The van der Waals surface area contributed by atoms with Crippen LogP contribution in [0.15, 0.2) is 33.5 Å². The molecule has 2 rings (SSSR count). The Morgan fingerprint density at radius 1 is 1.38 bits per heavy atom. The topological polar surface area (TPSA) is 76.7 Å². The van der Waals surface area contributed by atoms with Crippen LogP contribution in [0.1, 0.15) is 10.4 Å². The Labute approximate surface area is 89.9 Å². The molecule has 0 unspecified atom stereocenters. The summed E-state index contributed by atoms with van der Waals surface area (Å²) in [4.78, 5) is 22.6. The van der Waals surface area contributed by atoms with Gasteiger partial charge in [0.15, 0.2) is 0 Å². The smallest absolute Gasteiger partial charge is 0.351 e. The Morgan fingerprint density at radius 2 is 2.12 bits per heavy atom. The zero-order valence-corrected chi connectivity index (χ0v) is 8.39. The third kappa shape index (κ3) is 1.63. The fourth-order valence-corrected chi connectivity index (χ4v) is 1.35. The Bertz CT molecular complexity index is 611. The second kappa shape index (κ2) is 3.69. The number of carbonyl (C=O) groups is 1. The number of phenolic OH excluding ortho intramolecular Hbond substituents is 1. The molecule has 16 heavy (non-hydrogen) atoms. The number of hydrogen-bond acceptors (Lipinski definition) is 5. The minimum atomic E-state index is -0.787. The zero-order valence-electron chi connectivity index (χ0n) is 8.39. The number of aromatic hydroxyl groups is 1. The van der Waals surface area contributed by atoms with Gasteiger partial charge in [-0.05, 0) is 18.2 Å². The van der Waals surface area contributed by atoms with Gasteiger partial charge in [0.1, 0.15) is 16.9 Å². The highest BCUT2D eigenvalue weighted by molar-refractivity contribution is 5.92. The first-order chi connectivity index (χ1) is 7.61. The van der Waals surface area contributed by atoms with Crippen LogP contribution in [0.3, 0.4) is 0 Å². The molecule has 0 fully saturated rings. The van der Waals surface area contributed by atoms with Crippen LogP contribution in [-0.4, -0.2) is 18.2 Å². The number of fused-ring (bicyclic) bond motifs is 1. The van der Waals surface area contributed by atoms with Crippen LogP contribution in [0.4, 0.5) is 0 Å². The van der Waals surface area contributed by atoms with Gasteiger partial charge >= 0.3 is 11.6 Å². The van der Waals surface area contributed by atoms with Crippen molar-refractivity contribution < 1.29 is 19.1 Å². The predicted octanol–water partition coefficient (Wildman–Crippen LogP) is 1.29. The minimum absolute atomic E-state index is 0.0125. The summed E-state index contributed by atoms with van der Waals surface area (Å²) < 4.78 is 9.32. The van der Waals surface area contributed by atoms with Crippen LogP contribution in [0.5, 0.6) is 5.75 Å². The van der Waals surface area contributed by atoms with Crippen LogP contribution in [0.25, 0.3) is 11.0 Å². The molecule has 1 aromatic heterocycles. The van der Waals surface area contributed by atoms with Crippen LogP contribution >= 0.6 is 0 Å². The lowest BCUT2D eigenvalue weighted by atomic mass is 10.2. The van der Waals surface area contributed by atoms with E-state index in [1.54, 1.807) is 6.07 Å². The molecule has 0 radical (unpaired) electrons. The first-order valence-electron chi connectivity index (χ1n) is 4.47. The maximum Gasteiger partial charge on any atom is 0.351 e. The Kier molecular flexibility index (Phi) is 2.36. The van der Waals surface area contributed by atoms with Crippen LogP contribution in [0.2, 0.25) is 0 Å². The molecule has 0 saturated heterocycles. The summed E-state index contributed by atoms with van der Waals surface area (Å²) >= 11 is 0.